The van der Waals surface area contributed by atoms with Gasteiger partial charge in [0.15, 0.2) is 17.0 Å². The van der Waals surface area contributed by atoms with Gasteiger partial charge in [0.2, 0.25) is 5.28 Å². The van der Waals surface area contributed by atoms with E-state index in [1.54, 1.807) is 29.6 Å². The Hall–Kier alpha value is -2.73. The molecule has 0 saturated carbocycles. The van der Waals surface area contributed by atoms with Crippen LogP contribution in [0.5, 0.6) is 0 Å². The van der Waals surface area contributed by atoms with Crippen molar-refractivity contribution < 1.29 is 0 Å². The lowest BCUT2D eigenvalue weighted by Crippen LogP contribution is -2.02. The first-order chi connectivity index (χ1) is 10.8. The third-order valence-electron chi connectivity index (χ3n) is 3.36. The quantitative estimate of drug-likeness (QED) is 0.546. The van der Waals surface area contributed by atoms with E-state index in [1.807, 2.05) is 22.8 Å². The maximum atomic E-state index is 6.08. The Bertz CT molecular complexity index is 914. The van der Waals surface area contributed by atoms with Crippen LogP contribution in [0.2, 0.25) is 5.28 Å². The molecule has 1 aromatic carbocycles. The number of nitrogens with zero attached hydrogens (tertiary/aromatic N) is 6. The Morgan fingerprint density at radius 1 is 1.05 bits per heavy atom. The van der Waals surface area contributed by atoms with Gasteiger partial charge in [-0.05, 0) is 17.2 Å². The number of hydrogen-bond donors (Lipinski definition) is 0. The second-order valence-corrected chi connectivity index (χ2v) is 5.15. The largest absolute Gasteiger partial charge is 0.311 e. The zero-order valence-corrected chi connectivity index (χ0v) is 12.2. The van der Waals surface area contributed by atoms with Gasteiger partial charge in [0.05, 0.1) is 12.9 Å². The average molecular weight is 311 g/mol. The second kappa shape index (κ2) is 5.23. The molecule has 0 saturated heterocycles. The van der Waals surface area contributed by atoms with Crippen LogP contribution in [0.4, 0.5) is 0 Å². The summed E-state index contributed by atoms with van der Waals surface area (Å²) in [7, 11) is 0. The molecule has 22 heavy (non-hydrogen) atoms. The minimum atomic E-state index is 0.186. The summed E-state index contributed by atoms with van der Waals surface area (Å²) >= 11 is 6.08. The highest BCUT2D eigenvalue weighted by Gasteiger charge is 2.14. The lowest BCUT2D eigenvalue weighted by atomic mass is 10.2. The van der Waals surface area contributed by atoms with Crippen LogP contribution in [0.3, 0.4) is 0 Å². The molecule has 6 nitrogen and oxygen atoms in total. The fourth-order valence-corrected chi connectivity index (χ4v) is 2.52. The second-order valence-electron chi connectivity index (χ2n) is 4.82. The molecule has 0 radical (unpaired) electrons. The molecule has 108 valence electrons. The van der Waals surface area contributed by atoms with E-state index in [2.05, 4.69) is 32.1 Å². The first-order valence-electron chi connectivity index (χ1n) is 6.72. The molecule has 0 bridgehead atoms. The van der Waals surface area contributed by atoms with Gasteiger partial charge in [0.1, 0.15) is 6.33 Å². The smallest absolute Gasteiger partial charge is 0.226 e. The highest BCUT2D eigenvalue weighted by atomic mass is 35.5. The van der Waals surface area contributed by atoms with Crippen LogP contribution in [0.1, 0.15) is 5.56 Å². The van der Waals surface area contributed by atoms with Crippen molar-refractivity contribution in [3.05, 3.63) is 66.2 Å². The van der Waals surface area contributed by atoms with Crippen molar-refractivity contribution in [3.63, 3.8) is 0 Å². The van der Waals surface area contributed by atoms with E-state index >= 15 is 0 Å². The van der Waals surface area contributed by atoms with Crippen LogP contribution in [-0.2, 0) is 6.54 Å². The van der Waals surface area contributed by atoms with E-state index in [9.17, 15) is 0 Å². The van der Waals surface area contributed by atoms with Crippen LogP contribution in [-0.4, -0.2) is 29.1 Å². The summed E-state index contributed by atoms with van der Waals surface area (Å²) in [6.45, 7) is 0.675. The van der Waals surface area contributed by atoms with Gasteiger partial charge >= 0.3 is 0 Å². The van der Waals surface area contributed by atoms with Crippen molar-refractivity contribution in [2.75, 3.05) is 0 Å². The summed E-state index contributed by atoms with van der Waals surface area (Å²) in [6.07, 6.45) is 6.90. The first kappa shape index (κ1) is 13.0. The molecule has 0 unspecified atom stereocenters. The number of aromatic nitrogens is 6. The Morgan fingerprint density at radius 2 is 1.91 bits per heavy atom. The van der Waals surface area contributed by atoms with Gasteiger partial charge in [-0.3, -0.25) is 4.57 Å². The first-order valence-corrected chi connectivity index (χ1v) is 7.10. The van der Waals surface area contributed by atoms with Crippen molar-refractivity contribution in [2.24, 2.45) is 0 Å². The van der Waals surface area contributed by atoms with E-state index in [-0.39, 0.29) is 5.28 Å². The molecule has 3 heterocycles. The number of hydrogen-bond acceptors (Lipinski definition) is 4. The Kier molecular flexibility index (Phi) is 3.08. The zero-order valence-electron chi connectivity index (χ0n) is 11.5. The third-order valence-corrected chi connectivity index (χ3v) is 3.53. The Balaban J connectivity index is 1.85. The Labute approximate surface area is 131 Å². The standard InChI is InChI=1S/C15H11ClN6/c16-15-19-13(21-7-6-17-9-21)12-14(20-15)22(10-18-12)8-11-4-2-1-3-5-11/h1-7,9-10H,8H2. The number of rotatable bonds is 3. The number of halogens is 1. The van der Waals surface area contributed by atoms with Gasteiger partial charge < -0.3 is 4.57 Å². The summed E-state index contributed by atoms with van der Waals surface area (Å²) < 4.78 is 3.73. The van der Waals surface area contributed by atoms with Crippen LogP contribution in [0.15, 0.2) is 55.4 Å². The molecule has 0 atom stereocenters. The zero-order chi connectivity index (χ0) is 14.9. The molecule has 0 aliphatic rings. The normalized spacial score (nSPS) is 11.1. The highest BCUT2D eigenvalue weighted by molar-refractivity contribution is 6.28. The molecule has 4 rings (SSSR count). The lowest BCUT2D eigenvalue weighted by molar-refractivity contribution is 0.812. The van der Waals surface area contributed by atoms with Crippen LogP contribution in [0.25, 0.3) is 17.0 Å². The molecular formula is C15H11ClN6. The van der Waals surface area contributed by atoms with Crippen LogP contribution in [0, 0.1) is 0 Å². The summed E-state index contributed by atoms with van der Waals surface area (Å²) in [5.41, 5.74) is 2.56. The molecule has 0 aliphatic carbocycles. The van der Waals surface area contributed by atoms with Gasteiger partial charge in [0.25, 0.3) is 0 Å². The van der Waals surface area contributed by atoms with Gasteiger partial charge in [-0.15, -0.1) is 0 Å². The summed E-state index contributed by atoms with van der Waals surface area (Å²) in [4.78, 5) is 17.1. The minimum absolute atomic E-state index is 0.186. The maximum Gasteiger partial charge on any atom is 0.226 e. The lowest BCUT2D eigenvalue weighted by Gasteiger charge is -2.06. The fraction of sp³-hybridized carbons (Fsp3) is 0.0667. The van der Waals surface area contributed by atoms with Crippen molar-refractivity contribution in [2.45, 2.75) is 6.54 Å². The average Bonchev–Trinajstić information content (AvgIpc) is 3.18. The number of benzene rings is 1. The molecule has 3 aromatic heterocycles. The summed E-state index contributed by atoms with van der Waals surface area (Å²) in [5, 5.41) is 0.186. The molecule has 7 heteroatoms. The topological polar surface area (TPSA) is 61.4 Å². The molecule has 4 aromatic rings. The summed E-state index contributed by atoms with van der Waals surface area (Å²) in [6, 6.07) is 10.1. The Morgan fingerprint density at radius 3 is 2.68 bits per heavy atom. The molecule has 0 fully saturated rings. The van der Waals surface area contributed by atoms with Gasteiger partial charge in [-0.1, -0.05) is 30.3 Å². The predicted molar refractivity (Wildman–Crippen MR) is 83.0 cm³/mol. The molecule has 0 aliphatic heterocycles. The van der Waals surface area contributed by atoms with Gasteiger partial charge in [-0.2, -0.15) is 9.97 Å². The van der Waals surface area contributed by atoms with E-state index in [1.165, 1.54) is 5.56 Å². The van der Waals surface area contributed by atoms with Crippen molar-refractivity contribution in [1.29, 1.82) is 0 Å². The molecule has 0 spiro atoms. The molecule has 0 N–H and O–H groups in total. The monoisotopic (exact) mass is 310 g/mol. The van der Waals surface area contributed by atoms with E-state index < -0.39 is 0 Å². The fourth-order valence-electron chi connectivity index (χ4n) is 2.36. The van der Waals surface area contributed by atoms with Crippen LogP contribution < -0.4 is 0 Å². The van der Waals surface area contributed by atoms with Crippen LogP contribution >= 0.6 is 11.6 Å². The maximum absolute atomic E-state index is 6.08. The van der Waals surface area contributed by atoms with Crippen molar-refractivity contribution in [3.8, 4) is 5.82 Å². The van der Waals surface area contributed by atoms with Crippen molar-refractivity contribution >= 4 is 22.8 Å². The number of fused-ring (bicyclic) bond motifs is 1. The van der Waals surface area contributed by atoms with E-state index in [0.29, 0.717) is 23.5 Å². The van der Waals surface area contributed by atoms with Gasteiger partial charge in [-0.25, -0.2) is 9.97 Å². The summed E-state index contributed by atoms with van der Waals surface area (Å²) in [5.74, 6) is 0.624. The molecule has 0 amide bonds. The minimum Gasteiger partial charge on any atom is -0.311 e. The van der Waals surface area contributed by atoms with E-state index in [4.69, 9.17) is 11.6 Å². The SMILES string of the molecule is Clc1nc(-n2ccnc2)c2ncn(Cc3ccccc3)c2n1. The third kappa shape index (κ3) is 2.23. The highest BCUT2D eigenvalue weighted by Crippen LogP contribution is 2.20. The predicted octanol–water partition coefficient (Wildman–Crippen LogP) is 2.71. The van der Waals surface area contributed by atoms with E-state index in [0.717, 1.165) is 0 Å². The van der Waals surface area contributed by atoms with Crippen molar-refractivity contribution in [1.82, 2.24) is 29.1 Å². The molecular weight excluding hydrogens is 300 g/mol. The van der Waals surface area contributed by atoms with Gasteiger partial charge in [0, 0.05) is 12.4 Å². The number of imidazole rings is 2.